The molecule has 37 heavy (non-hydrogen) atoms. The number of hydrogen-bond acceptors (Lipinski definition) is 8. The third-order valence-electron chi connectivity index (χ3n) is 5.53. The van der Waals surface area contributed by atoms with Gasteiger partial charge in [-0.1, -0.05) is 24.3 Å². The second kappa shape index (κ2) is 12.9. The highest BCUT2D eigenvalue weighted by molar-refractivity contribution is 6.04. The summed E-state index contributed by atoms with van der Waals surface area (Å²) in [5.74, 6) is 3.17. The van der Waals surface area contributed by atoms with Crippen molar-refractivity contribution in [2.24, 2.45) is 0 Å². The van der Waals surface area contributed by atoms with Crippen LogP contribution in [0.4, 0.5) is 5.69 Å². The van der Waals surface area contributed by atoms with Crippen LogP contribution in [-0.4, -0.2) is 48.4 Å². The van der Waals surface area contributed by atoms with Gasteiger partial charge in [0.2, 0.25) is 5.75 Å². The van der Waals surface area contributed by atoms with Crippen molar-refractivity contribution in [3.8, 4) is 34.5 Å². The van der Waals surface area contributed by atoms with Crippen molar-refractivity contribution in [2.75, 3.05) is 48.0 Å². The van der Waals surface area contributed by atoms with Crippen molar-refractivity contribution in [2.45, 2.75) is 0 Å². The monoisotopic (exact) mass is 505 g/mol. The second-order valence-corrected chi connectivity index (χ2v) is 7.66. The van der Waals surface area contributed by atoms with Gasteiger partial charge in [-0.15, -0.1) is 0 Å². The Hall–Kier alpha value is -4.59. The van der Waals surface area contributed by atoms with Crippen molar-refractivity contribution in [3.05, 3.63) is 77.5 Å². The van der Waals surface area contributed by atoms with Crippen molar-refractivity contribution in [1.82, 2.24) is 0 Å². The number of nitrogens with one attached hydrogen (secondary N) is 1. The Labute approximate surface area is 217 Å². The number of carbonyl (C=O) groups is 1. The summed E-state index contributed by atoms with van der Waals surface area (Å²) in [6.07, 6.45) is 6.85. The third-order valence-corrected chi connectivity index (χ3v) is 5.53. The molecule has 0 amide bonds. The maximum atomic E-state index is 12.6. The Bertz CT molecular complexity index is 1270. The van der Waals surface area contributed by atoms with Crippen molar-refractivity contribution < 1.29 is 33.2 Å². The van der Waals surface area contributed by atoms with Gasteiger partial charge in [-0.2, -0.15) is 0 Å². The number of methoxy groups -OCH3 is 6. The normalized spacial score (nSPS) is 10.9. The van der Waals surface area contributed by atoms with Crippen LogP contribution in [-0.2, 0) is 0 Å². The van der Waals surface area contributed by atoms with Gasteiger partial charge in [0, 0.05) is 35.2 Å². The molecular formula is C29H31NO7. The summed E-state index contributed by atoms with van der Waals surface area (Å²) in [5.41, 5.74) is 2.85. The molecule has 8 heteroatoms. The van der Waals surface area contributed by atoms with E-state index in [0.29, 0.717) is 45.7 Å². The fourth-order valence-electron chi connectivity index (χ4n) is 3.62. The summed E-state index contributed by atoms with van der Waals surface area (Å²) in [7, 11) is 9.40. The van der Waals surface area contributed by atoms with E-state index in [1.165, 1.54) is 6.08 Å². The summed E-state index contributed by atoms with van der Waals surface area (Å²) < 4.78 is 32.5. The number of anilines is 1. The largest absolute Gasteiger partial charge is 0.497 e. The molecule has 0 aliphatic carbocycles. The zero-order valence-electron chi connectivity index (χ0n) is 21.8. The molecule has 3 rings (SSSR count). The fraction of sp³-hybridized carbons (Fsp3) is 0.207. The Balaban J connectivity index is 1.93. The minimum absolute atomic E-state index is 0.165. The highest BCUT2D eigenvalue weighted by Gasteiger charge is 2.13. The van der Waals surface area contributed by atoms with E-state index in [-0.39, 0.29) is 5.78 Å². The summed E-state index contributed by atoms with van der Waals surface area (Å²) in [6, 6.07) is 14.3. The zero-order valence-corrected chi connectivity index (χ0v) is 21.8. The summed E-state index contributed by atoms with van der Waals surface area (Å²) in [4.78, 5) is 12.6. The number of hydrogen-bond donors (Lipinski definition) is 1. The first-order valence-corrected chi connectivity index (χ1v) is 11.3. The molecule has 0 bridgehead atoms. The quantitative estimate of drug-likeness (QED) is 0.190. The number of allylic oxidation sites excluding steroid dienone is 1. The average Bonchev–Trinajstić information content (AvgIpc) is 2.95. The van der Waals surface area contributed by atoms with E-state index in [4.69, 9.17) is 28.4 Å². The van der Waals surface area contributed by atoms with Crippen LogP contribution >= 0.6 is 0 Å². The van der Waals surface area contributed by atoms with Gasteiger partial charge >= 0.3 is 0 Å². The lowest BCUT2D eigenvalue weighted by Crippen LogP contribution is -1.99. The summed E-state index contributed by atoms with van der Waals surface area (Å²) in [6.45, 7) is 0. The van der Waals surface area contributed by atoms with Crippen LogP contribution in [0.5, 0.6) is 34.5 Å². The zero-order chi connectivity index (χ0) is 26.8. The lowest BCUT2D eigenvalue weighted by molar-refractivity contribution is 0.104. The summed E-state index contributed by atoms with van der Waals surface area (Å²) in [5, 5.41) is 3.18. The standard InChI is InChI=1S/C29H31NO7/c1-32-22-9-7-8-21(16-22)24(31)12-13-30-23-18-26(34-3)25(33-2)17-20(23)11-10-19-14-27(35-4)29(37-6)28(15-19)36-5/h7-18,30H,1-6H3/b11-10-,13-12-. The van der Waals surface area contributed by atoms with Gasteiger partial charge in [0.1, 0.15) is 5.75 Å². The van der Waals surface area contributed by atoms with Crippen LogP contribution in [0.1, 0.15) is 21.5 Å². The van der Waals surface area contributed by atoms with Gasteiger partial charge in [-0.25, -0.2) is 0 Å². The van der Waals surface area contributed by atoms with E-state index in [1.807, 2.05) is 30.4 Å². The number of ether oxygens (including phenoxy) is 6. The number of benzene rings is 3. The highest BCUT2D eigenvalue weighted by atomic mass is 16.5. The van der Waals surface area contributed by atoms with Crippen molar-refractivity contribution >= 4 is 23.6 Å². The Morgan fingerprint density at radius 2 is 1.35 bits per heavy atom. The molecule has 0 spiro atoms. The fourth-order valence-corrected chi connectivity index (χ4v) is 3.62. The Morgan fingerprint density at radius 1 is 0.703 bits per heavy atom. The Kier molecular flexibility index (Phi) is 9.43. The predicted octanol–water partition coefficient (Wildman–Crippen LogP) is 5.72. The number of ketones is 1. The molecule has 0 saturated heterocycles. The van der Waals surface area contributed by atoms with Crippen LogP contribution in [0, 0.1) is 0 Å². The van der Waals surface area contributed by atoms with Crippen LogP contribution in [0.25, 0.3) is 12.2 Å². The number of carbonyl (C=O) groups excluding carboxylic acids is 1. The van der Waals surface area contributed by atoms with Gasteiger partial charge in [0.15, 0.2) is 28.8 Å². The molecule has 8 nitrogen and oxygen atoms in total. The average molecular weight is 506 g/mol. The second-order valence-electron chi connectivity index (χ2n) is 7.66. The van der Waals surface area contributed by atoms with Gasteiger partial charge in [-0.3, -0.25) is 4.79 Å². The third kappa shape index (κ3) is 6.55. The van der Waals surface area contributed by atoms with E-state index in [1.54, 1.807) is 79.2 Å². The maximum Gasteiger partial charge on any atom is 0.203 e. The molecule has 0 aliphatic heterocycles. The molecule has 0 fully saturated rings. The van der Waals surface area contributed by atoms with Crippen LogP contribution in [0.2, 0.25) is 0 Å². The van der Waals surface area contributed by atoms with Crippen LogP contribution < -0.4 is 33.7 Å². The molecular weight excluding hydrogens is 474 g/mol. The molecule has 1 N–H and O–H groups in total. The minimum atomic E-state index is -0.165. The topological polar surface area (TPSA) is 84.5 Å². The van der Waals surface area contributed by atoms with Crippen molar-refractivity contribution in [3.63, 3.8) is 0 Å². The van der Waals surface area contributed by atoms with Gasteiger partial charge < -0.3 is 33.7 Å². The predicted molar refractivity (Wildman–Crippen MR) is 145 cm³/mol. The molecule has 0 aliphatic rings. The van der Waals surface area contributed by atoms with Crippen LogP contribution in [0.3, 0.4) is 0 Å². The van der Waals surface area contributed by atoms with E-state index in [2.05, 4.69) is 5.32 Å². The van der Waals surface area contributed by atoms with Gasteiger partial charge in [0.25, 0.3) is 0 Å². The molecule has 3 aromatic rings. The first kappa shape index (κ1) is 27.0. The smallest absolute Gasteiger partial charge is 0.203 e. The molecule has 0 heterocycles. The molecule has 194 valence electrons. The number of rotatable bonds is 12. The molecule has 3 aromatic carbocycles. The van der Waals surface area contributed by atoms with E-state index < -0.39 is 0 Å². The lowest BCUT2D eigenvalue weighted by Gasteiger charge is -2.14. The first-order chi connectivity index (χ1) is 18.0. The molecule has 0 unspecified atom stereocenters. The molecule has 0 aromatic heterocycles. The first-order valence-electron chi connectivity index (χ1n) is 11.3. The lowest BCUT2D eigenvalue weighted by atomic mass is 10.1. The molecule has 0 atom stereocenters. The van der Waals surface area contributed by atoms with Gasteiger partial charge in [0.05, 0.1) is 42.7 Å². The summed E-state index contributed by atoms with van der Waals surface area (Å²) >= 11 is 0. The molecule has 0 saturated carbocycles. The van der Waals surface area contributed by atoms with Gasteiger partial charge in [-0.05, 0) is 35.9 Å². The van der Waals surface area contributed by atoms with E-state index >= 15 is 0 Å². The SMILES string of the molecule is COc1cccc(C(=O)/C=C\Nc2cc(OC)c(OC)cc2/C=C\c2cc(OC)c(OC)c(OC)c2)c1. The van der Waals surface area contributed by atoms with Crippen LogP contribution in [0.15, 0.2) is 60.8 Å². The van der Waals surface area contributed by atoms with Crippen molar-refractivity contribution in [1.29, 1.82) is 0 Å². The maximum absolute atomic E-state index is 12.6. The molecule has 0 radical (unpaired) electrons. The van der Waals surface area contributed by atoms with E-state index in [9.17, 15) is 4.79 Å². The minimum Gasteiger partial charge on any atom is -0.497 e. The highest BCUT2D eigenvalue weighted by Crippen LogP contribution is 2.39. The Morgan fingerprint density at radius 3 is 1.95 bits per heavy atom. The van der Waals surface area contributed by atoms with E-state index in [0.717, 1.165) is 11.1 Å².